The summed E-state index contributed by atoms with van der Waals surface area (Å²) in [6.07, 6.45) is -0.809. The summed E-state index contributed by atoms with van der Waals surface area (Å²) in [7, 11) is 0. The average Bonchev–Trinajstić information content (AvgIpc) is 2.57. The van der Waals surface area contributed by atoms with Crippen LogP contribution < -0.4 is 17.1 Å². The lowest BCUT2D eigenvalue weighted by Crippen LogP contribution is -3.00. The summed E-state index contributed by atoms with van der Waals surface area (Å²) in [6, 6.07) is 5.93. The van der Waals surface area contributed by atoms with Gasteiger partial charge < -0.3 is 31.9 Å². The first-order valence-corrected chi connectivity index (χ1v) is 8.51. The molecule has 1 saturated heterocycles. The number of β-amino-alcohol motifs (C(OH)–C–C–N with tert-alkyl or cyclic N) is 1. The third-order valence-electron chi connectivity index (χ3n) is 4.29. The Balaban J connectivity index is 0.00000312. The average molecular weight is 372 g/mol. The molecule has 1 fully saturated rings. The predicted molar refractivity (Wildman–Crippen MR) is 92.5 cm³/mol. The van der Waals surface area contributed by atoms with Crippen molar-refractivity contribution in [2.75, 3.05) is 45.9 Å². The number of hydrogen-bond donors (Lipinski definition) is 1. The van der Waals surface area contributed by atoms with Crippen molar-refractivity contribution >= 4 is 6.09 Å². The minimum absolute atomic E-state index is 0. The van der Waals surface area contributed by atoms with Gasteiger partial charge in [-0.1, -0.05) is 6.07 Å². The Morgan fingerprint density at radius 2 is 1.88 bits per heavy atom. The van der Waals surface area contributed by atoms with E-state index in [2.05, 4.69) is 11.8 Å². The van der Waals surface area contributed by atoms with E-state index in [1.54, 1.807) is 11.8 Å². The molecule has 1 heterocycles. The second-order valence-electron chi connectivity index (χ2n) is 6.20. The Bertz CT molecular complexity index is 548. The fourth-order valence-electron chi connectivity index (χ4n) is 2.67. The summed E-state index contributed by atoms with van der Waals surface area (Å²) in [4.78, 5) is 15.5. The van der Waals surface area contributed by atoms with Gasteiger partial charge in [0.15, 0.2) is 0 Å². The van der Waals surface area contributed by atoms with Crippen LogP contribution in [0, 0.1) is 13.8 Å². The number of amides is 1. The summed E-state index contributed by atoms with van der Waals surface area (Å²) in [6.45, 7) is 9.84. The smallest absolute Gasteiger partial charge is 0.409 e. The first kappa shape index (κ1) is 21.5. The zero-order chi connectivity index (χ0) is 17.5. The molecule has 0 bridgehead atoms. The molecule has 1 aromatic carbocycles. The molecule has 0 aromatic heterocycles. The summed E-state index contributed by atoms with van der Waals surface area (Å²) in [5, 5.41) is 10.2. The Hall–Kier alpha value is -1.50. The van der Waals surface area contributed by atoms with Crippen molar-refractivity contribution in [3.63, 3.8) is 0 Å². The van der Waals surface area contributed by atoms with Gasteiger partial charge in [0.25, 0.3) is 0 Å². The maximum atomic E-state index is 11.7. The van der Waals surface area contributed by atoms with E-state index < -0.39 is 6.10 Å². The molecular weight excluding hydrogens is 344 g/mol. The van der Waals surface area contributed by atoms with E-state index in [1.807, 2.05) is 25.1 Å². The van der Waals surface area contributed by atoms with E-state index in [4.69, 9.17) is 9.47 Å². The highest BCUT2D eigenvalue weighted by Crippen LogP contribution is 2.16. The molecular formula is C18H28ClN2O4-. The van der Waals surface area contributed by atoms with Crippen molar-refractivity contribution in [1.82, 2.24) is 9.80 Å². The summed E-state index contributed by atoms with van der Waals surface area (Å²) in [5.41, 5.74) is 2.40. The molecule has 1 aromatic rings. The summed E-state index contributed by atoms with van der Waals surface area (Å²) < 4.78 is 10.7. The number of benzene rings is 1. The zero-order valence-corrected chi connectivity index (χ0v) is 16.0. The number of aliphatic hydroxyl groups excluding tert-OH is 1. The Morgan fingerprint density at radius 1 is 1.20 bits per heavy atom. The van der Waals surface area contributed by atoms with Crippen LogP contribution in [0.5, 0.6) is 5.75 Å². The zero-order valence-electron chi connectivity index (χ0n) is 15.2. The maximum Gasteiger partial charge on any atom is 0.409 e. The van der Waals surface area contributed by atoms with Crippen LogP contribution in [0.1, 0.15) is 18.1 Å². The van der Waals surface area contributed by atoms with Crippen LogP contribution in [-0.4, -0.2) is 73.0 Å². The largest absolute Gasteiger partial charge is 1.00 e. The minimum Gasteiger partial charge on any atom is -1.00 e. The number of carbonyl (C=O) groups is 1. The number of hydrogen-bond acceptors (Lipinski definition) is 5. The molecule has 7 heteroatoms. The van der Waals surface area contributed by atoms with E-state index in [9.17, 15) is 9.90 Å². The van der Waals surface area contributed by atoms with Gasteiger partial charge in [0, 0.05) is 32.7 Å². The molecule has 1 unspecified atom stereocenters. The number of aryl methyl sites for hydroxylation is 2. The molecule has 0 spiro atoms. The summed E-state index contributed by atoms with van der Waals surface area (Å²) >= 11 is 0. The van der Waals surface area contributed by atoms with Gasteiger partial charge >= 0.3 is 6.09 Å². The molecule has 0 radical (unpaired) electrons. The Morgan fingerprint density at radius 3 is 2.48 bits per heavy atom. The van der Waals surface area contributed by atoms with Crippen molar-refractivity contribution in [2.24, 2.45) is 0 Å². The van der Waals surface area contributed by atoms with Crippen molar-refractivity contribution < 1.29 is 31.8 Å². The molecule has 2 rings (SSSR count). The minimum atomic E-state index is -0.555. The molecule has 142 valence electrons. The number of aliphatic hydroxyl groups is 1. The van der Waals surface area contributed by atoms with Crippen molar-refractivity contribution in [3.8, 4) is 5.75 Å². The van der Waals surface area contributed by atoms with Gasteiger partial charge in [0.05, 0.1) is 6.61 Å². The number of rotatable bonds is 6. The Labute approximate surface area is 156 Å². The van der Waals surface area contributed by atoms with Crippen LogP contribution in [-0.2, 0) is 4.74 Å². The van der Waals surface area contributed by atoms with Crippen LogP contribution >= 0.6 is 0 Å². The quantitative estimate of drug-likeness (QED) is 0.682. The van der Waals surface area contributed by atoms with E-state index >= 15 is 0 Å². The van der Waals surface area contributed by atoms with E-state index in [0.29, 0.717) is 26.2 Å². The molecule has 1 aliphatic heterocycles. The highest BCUT2D eigenvalue weighted by atomic mass is 35.5. The maximum absolute atomic E-state index is 11.7. The predicted octanol–water partition coefficient (Wildman–Crippen LogP) is -1.18. The fraction of sp³-hybridized carbons (Fsp3) is 0.611. The lowest BCUT2D eigenvalue weighted by molar-refractivity contribution is -0.0000193. The van der Waals surface area contributed by atoms with E-state index in [1.165, 1.54) is 11.1 Å². The molecule has 1 aliphatic rings. The van der Waals surface area contributed by atoms with Crippen LogP contribution in [0.15, 0.2) is 18.2 Å². The molecule has 0 aliphatic carbocycles. The van der Waals surface area contributed by atoms with Gasteiger partial charge in [-0.3, -0.25) is 4.90 Å². The van der Waals surface area contributed by atoms with Crippen LogP contribution in [0.25, 0.3) is 0 Å². The van der Waals surface area contributed by atoms with Gasteiger partial charge in [0.2, 0.25) is 0 Å². The highest BCUT2D eigenvalue weighted by Gasteiger charge is 2.23. The van der Waals surface area contributed by atoms with Gasteiger partial charge in [-0.15, -0.1) is 0 Å². The standard InChI is InChI=1S/C18H28N2O4.ClH/c1-4-23-18(22)20-9-7-19(8-10-20)12-16(21)13-24-17-6-5-14(2)15(3)11-17;/h5-6,11,16,21H,4,7-10,12-13H2,1-3H3;1H/p-1. The summed E-state index contributed by atoms with van der Waals surface area (Å²) in [5.74, 6) is 0.782. The first-order valence-electron chi connectivity index (χ1n) is 8.51. The van der Waals surface area contributed by atoms with Crippen molar-refractivity contribution in [1.29, 1.82) is 0 Å². The van der Waals surface area contributed by atoms with E-state index in [-0.39, 0.29) is 25.1 Å². The van der Waals surface area contributed by atoms with Crippen LogP contribution in [0.2, 0.25) is 0 Å². The number of halogens is 1. The lowest BCUT2D eigenvalue weighted by Gasteiger charge is -2.34. The Kier molecular flexibility index (Phi) is 9.03. The number of ether oxygens (including phenoxy) is 2. The number of nitrogens with zero attached hydrogens (tertiary/aromatic N) is 2. The molecule has 1 N–H and O–H groups in total. The third kappa shape index (κ3) is 6.72. The number of piperazine rings is 1. The van der Waals surface area contributed by atoms with Crippen molar-refractivity contribution in [2.45, 2.75) is 26.9 Å². The van der Waals surface area contributed by atoms with Gasteiger partial charge in [0.1, 0.15) is 18.5 Å². The monoisotopic (exact) mass is 371 g/mol. The topological polar surface area (TPSA) is 62.2 Å². The lowest BCUT2D eigenvalue weighted by atomic mass is 10.1. The molecule has 1 amide bonds. The highest BCUT2D eigenvalue weighted by molar-refractivity contribution is 5.67. The van der Waals surface area contributed by atoms with Crippen LogP contribution in [0.4, 0.5) is 4.79 Å². The SMILES string of the molecule is CCOC(=O)N1CCN(CC(O)COc2ccc(C)c(C)c2)CC1.[Cl-]. The first-order chi connectivity index (χ1) is 11.5. The second-order valence-corrected chi connectivity index (χ2v) is 6.20. The normalized spacial score (nSPS) is 16.1. The van der Waals surface area contributed by atoms with Gasteiger partial charge in [-0.25, -0.2) is 4.79 Å². The van der Waals surface area contributed by atoms with Crippen LogP contribution in [0.3, 0.4) is 0 Å². The molecule has 6 nitrogen and oxygen atoms in total. The van der Waals surface area contributed by atoms with Gasteiger partial charge in [-0.2, -0.15) is 0 Å². The number of carbonyl (C=O) groups excluding carboxylic acids is 1. The molecule has 25 heavy (non-hydrogen) atoms. The molecule has 1 atom stereocenters. The third-order valence-corrected chi connectivity index (χ3v) is 4.29. The molecule has 0 saturated carbocycles. The van der Waals surface area contributed by atoms with Gasteiger partial charge in [-0.05, 0) is 44.0 Å². The second kappa shape index (κ2) is 10.5. The van der Waals surface area contributed by atoms with Crippen molar-refractivity contribution in [3.05, 3.63) is 29.3 Å². The fourth-order valence-corrected chi connectivity index (χ4v) is 2.67. The van der Waals surface area contributed by atoms with E-state index in [0.717, 1.165) is 18.8 Å².